The first kappa shape index (κ1) is 18.3. The van der Waals surface area contributed by atoms with Crippen molar-refractivity contribution < 1.29 is 14.0 Å². The van der Waals surface area contributed by atoms with E-state index in [0.717, 1.165) is 11.3 Å². The summed E-state index contributed by atoms with van der Waals surface area (Å²) in [5.74, 6) is -1.02. The number of carbonyl (C=O) groups excluding carboxylic acids is 2. The van der Waals surface area contributed by atoms with Gasteiger partial charge in [-0.3, -0.25) is 20.4 Å². The van der Waals surface area contributed by atoms with Gasteiger partial charge in [-0.05, 0) is 41.8 Å². The summed E-state index contributed by atoms with van der Waals surface area (Å²) in [7, 11) is 0. The molecular weight excluding hydrogens is 347 g/mol. The van der Waals surface area contributed by atoms with Crippen molar-refractivity contribution in [1.29, 1.82) is 0 Å². The van der Waals surface area contributed by atoms with Gasteiger partial charge in [0.05, 0.1) is 18.3 Å². The predicted octanol–water partition coefficient (Wildman–Crippen LogP) is 2.33. The number of para-hydroxylation sites is 1. The van der Waals surface area contributed by atoms with Gasteiger partial charge in [0, 0.05) is 12.6 Å². The monoisotopic (exact) mass is 366 g/mol. The molecule has 1 heterocycles. The van der Waals surface area contributed by atoms with Crippen molar-refractivity contribution in [2.75, 3.05) is 0 Å². The van der Waals surface area contributed by atoms with Gasteiger partial charge in [-0.2, -0.15) is 5.10 Å². The highest BCUT2D eigenvalue weighted by atomic mass is 19.1. The van der Waals surface area contributed by atoms with Gasteiger partial charge in [-0.25, -0.2) is 9.07 Å². The Morgan fingerprint density at radius 3 is 2.37 bits per heavy atom. The molecule has 0 saturated carbocycles. The van der Waals surface area contributed by atoms with Crippen molar-refractivity contribution in [2.45, 2.75) is 19.3 Å². The third-order valence-corrected chi connectivity index (χ3v) is 3.92. The number of halogens is 1. The van der Waals surface area contributed by atoms with Crippen LogP contribution in [0, 0.1) is 5.82 Å². The average Bonchev–Trinajstić information content (AvgIpc) is 3.16. The predicted molar refractivity (Wildman–Crippen MR) is 98.3 cm³/mol. The highest BCUT2D eigenvalue weighted by Crippen LogP contribution is 2.09. The molecule has 0 aliphatic heterocycles. The van der Waals surface area contributed by atoms with Crippen molar-refractivity contribution in [1.82, 2.24) is 20.6 Å². The van der Waals surface area contributed by atoms with E-state index in [1.165, 1.54) is 24.3 Å². The van der Waals surface area contributed by atoms with Gasteiger partial charge in [0.25, 0.3) is 0 Å². The second kappa shape index (κ2) is 8.75. The lowest BCUT2D eigenvalue weighted by molar-refractivity contribution is -0.128. The van der Waals surface area contributed by atoms with E-state index in [9.17, 15) is 14.0 Å². The van der Waals surface area contributed by atoms with Crippen molar-refractivity contribution in [3.63, 3.8) is 0 Å². The Hall–Kier alpha value is -3.48. The third kappa shape index (κ3) is 5.50. The summed E-state index contributed by atoms with van der Waals surface area (Å²) in [6, 6.07) is 15.3. The number of nitrogens with one attached hydrogen (secondary N) is 2. The van der Waals surface area contributed by atoms with E-state index in [1.807, 2.05) is 36.5 Å². The van der Waals surface area contributed by atoms with Crippen LogP contribution in [0.25, 0.3) is 5.69 Å². The fourth-order valence-electron chi connectivity index (χ4n) is 2.50. The molecule has 2 N–H and O–H groups in total. The second-order valence-corrected chi connectivity index (χ2v) is 6.03. The molecule has 0 aliphatic rings. The van der Waals surface area contributed by atoms with E-state index in [4.69, 9.17) is 0 Å². The number of hydrogen-bond donors (Lipinski definition) is 2. The number of aryl methyl sites for hydroxylation is 1. The van der Waals surface area contributed by atoms with Gasteiger partial charge in [0.15, 0.2) is 0 Å². The van der Waals surface area contributed by atoms with E-state index in [2.05, 4.69) is 16.0 Å². The van der Waals surface area contributed by atoms with Crippen molar-refractivity contribution in [3.05, 3.63) is 83.9 Å². The summed E-state index contributed by atoms with van der Waals surface area (Å²) < 4.78 is 14.6. The van der Waals surface area contributed by atoms with Gasteiger partial charge < -0.3 is 0 Å². The van der Waals surface area contributed by atoms with Crippen molar-refractivity contribution in [3.8, 4) is 5.69 Å². The molecule has 0 bridgehead atoms. The molecule has 0 unspecified atom stereocenters. The number of aromatic nitrogens is 2. The molecule has 0 fully saturated rings. The largest absolute Gasteiger partial charge is 0.273 e. The SMILES string of the molecule is O=C(CCc1cnn(-c2ccccc2)c1)NNC(=O)Cc1ccc(F)cc1. The zero-order valence-corrected chi connectivity index (χ0v) is 14.6. The van der Waals surface area contributed by atoms with Crippen LogP contribution in [0.3, 0.4) is 0 Å². The van der Waals surface area contributed by atoms with Crippen LogP contribution in [0.1, 0.15) is 17.5 Å². The molecule has 27 heavy (non-hydrogen) atoms. The lowest BCUT2D eigenvalue weighted by atomic mass is 10.1. The summed E-state index contributed by atoms with van der Waals surface area (Å²) in [6.07, 6.45) is 4.37. The van der Waals surface area contributed by atoms with Crippen LogP contribution in [-0.4, -0.2) is 21.6 Å². The van der Waals surface area contributed by atoms with Gasteiger partial charge in [0.2, 0.25) is 11.8 Å². The zero-order chi connectivity index (χ0) is 19.1. The third-order valence-electron chi connectivity index (χ3n) is 3.92. The molecule has 6 nitrogen and oxygen atoms in total. The van der Waals surface area contributed by atoms with Gasteiger partial charge in [-0.15, -0.1) is 0 Å². The Bertz CT molecular complexity index is 907. The smallest absolute Gasteiger partial charge is 0.242 e. The Kier molecular flexibility index (Phi) is 5.94. The van der Waals surface area contributed by atoms with Crippen LogP contribution in [0.2, 0.25) is 0 Å². The number of carbonyl (C=O) groups is 2. The summed E-state index contributed by atoms with van der Waals surface area (Å²) >= 11 is 0. The number of rotatable bonds is 6. The van der Waals surface area contributed by atoms with Gasteiger partial charge >= 0.3 is 0 Å². The van der Waals surface area contributed by atoms with Crippen LogP contribution in [0.5, 0.6) is 0 Å². The van der Waals surface area contributed by atoms with E-state index < -0.39 is 0 Å². The van der Waals surface area contributed by atoms with Crippen LogP contribution in [0.15, 0.2) is 67.0 Å². The lowest BCUT2D eigenvalue weighted by Crippen LogP contribution is -2.42. The van der Waals surface area contributed by atoms with Crippen molar-refractivity contribution >= 4 is 11.8 Å². The highest BCUT2D eigenvalue weighted by Gasteiger charge is 2.08. The summed E-state index contributed by atoms with van der Waals surface area (Å²) in [5, 5.41) is 4.28. The maximum Gasteiger partial charge on any atom is 0.242 e. The van der Waals surface area contributed by atoms with Crippen LogP contribution in [0.4, 0.5) is 4.39 Å². The Morgan fingerprint density at radius 1 is 0.926 bits per heavy atom. The Morgan fingerprint density at radius 2 is 1.63 bits per heavy atom. The van der Waals surface area contributed by atoms with Crippen LogP contribution in [-0.2, 0) is 22.4 Å². The fourth-order valence-corrected chi connectivity index (χ4v) is 2.50. The number of amides is 2. The minimum atomic E-state index is -0.369. The molecule has 1 aromatic heterocycles. The van der Waals surface area contributed by atoms with E-state index in [1.54, 1.807) is 10.9 Å². The number of hydrazine groups is 1. The first-order valence-electron chi connectivity index (χ1n) is 8.51. The molecule has 0 saturated heterocycles. The normalized spacial score (nSPS) is 10.4. The number of benzene rings is 2. The van der Waals surface area contributed by atoms with Gasteiger partial charge in [-0.1, -0.05) is 30.3 Å². The fraction of sp³-hybridized carbons (Fsp3) is 0.150. The quantitative estimate of drug-likeness (QED) is 0.658. The molecule has 0 aliphatic carbocycles. The minimum Gasteiger partial charge on any atom is -0.273 e. The molecule has 7 heteroatoms. The second-order valence-electron chi connectivity index (χ2n) is 6.03. The molecule has 138 valence electrons. The van der Waals surface area contributed by atoms with Gasteiger partial charge in [0.1, 0.15) is 5.82 Å². The topological polar surface area (TPSA) is 76.0 Å². The molecule has 0 spiro atoms. The first-order chi connectivity index (χ1) is 13.1. The molecule has 3 rings (SSSR count). The molecule has 2 amide bonds. The average molecular weight is 366 g/mol. The van der Waals surface area contributed by atoms with E-state index in [-0.39, 0.29) is 30.5 Å². The summed E-state index contributed by atoms with van der Waals surface area (Å²) in [6.45, 7) is 0. The van der Waals surface area contributed by atoms with Crippen LogP contribution >= 0.6 is 0 Å². The van der Waals surface area contributed by atoms with Crippen molar-refractivity contribution in [2.24, 2.45) is 0 Å². The molecule has 2 aromatic carbocycles. The lowest BCUT2D eigenvalue weighted by Gasteiger charge is -2.07. The molecular formula is C20H19FN4O2. The molecule has 3 aromatic rings. The highest BCUT2D eigenvalue weighted by molar-refractivity contribution is 5.83. The molecule has 0 radical (unpaired) electrons. The zero-order valence-electron chi connectivity index (χ0n) is 14.6. The maximum atomic E-state index is 12.8. The molecule has 0 atom stereocenters. The Labute approximate surface area is 156 Å². The summed E-state index contributed by atoms with van der Waals surface area (Å²) in [4.78, 5) is 23.7. The minimum absolute atomic E-state index is 0.0599. The van der Waals surface area contributed by atoms with Crippen LogP contribution < -0.4 is 10.9 Å². The number of hydrogen-bond acceptors (Lipinski definition) is 3. The first-order valence-corrected chi connectivity index (χ1v) is 8.51. The number of nitrogens with zero attached hydrogens (tertiary/aromatic N) is 2. The Balaban J connectivity index is 1.41. The maximum absolute atomic E-state index is 12.8. The standard InChI is InChI=1S/C20H19FN4O2/c21-17-9-6-15(7-10-17)12-20(27)24-23-19(26)11-8-16-13-22-25(14-16)18-4-2-1-3-5-18/h1-7,9-10,13-14H,8,11-12H2,(H,23,26)(H,24,27). The van der Waals surface area contributed by atoms with E-state index >= 15 is 0 Å². The summed E-state index contributed by atoms with van der Waals surface area (Å²) in [5.41, 5.74) is 7.27. The van der Waals surface area contributed by atoms with E-state index in [0.29, 0.717) is 12.0 Å².